The van der Waals surface area contributed by atoms with Crippen LogP contribution in [0.1, 0.15) is 13.3 Å². The highest BCUT2D eigenvalue weighted by Crippen LogP contribution is 2.41. The number of benzene rings is 2. The first-order valence-corrected chi connectivity index (χ1v) is 9.13. The van der Waals surface area contributed by atoms with E-state index in [2.05, 4.69) is 10.6 Å². The number of carbonyl (C=O) groups excluding carboxylic acids is 2. The fraction of sp³-hybridized carbons (Fsp3) is 0.333. The first-order chi connectivity index (χ1) is 13.6. The summed E-state index contributed by atoms with van der Waals surface area (Å²) in [6, 6.07) is 12.4. The van der Waals surface area contributed by atoms with Gasteiger partial charge in [-0.3, -0.25) is 9.59 Å². The van der Waals surface area contributed by atoms with E-state index in [0.717, 1.165) is 0 Å². The van der Waals surface area contributed by atoms with Crippen LogP contribution in [0.5, 0.6) is 17.2 Å². The van der Waals surface area contributed by atoms with E-state index in [0.29, 0.717) is 41.7 Å². The minimum absolute atomic E-state index is 0.190. The average Bonchev–Trinajstić information content (AvgIpc) is 3.51. The van der Waals surface area contributed by atoms with Crippen molar-refractivity contribution < 1.29 is 23.8 Å². The highest BCUT2D eigenvalue weighted by atomic mass is 16.5. The summed E-state index contributed by atoms with van der Waals surface area (Å²) in [6.45, 7) is 2.39. The van der Waals surface area contributed by atoms with E-state index in [1.54, 1.807) is 37.4 Å². The van der Waals surface area contributed by atoms with Crippen molar-refractivity contribution in [3.05, 3.63) is 42.5 Å². The molecule has 28 heavy (non-hydrogen) atoms. The standard InChI is InChI=1S/C21H24N2O5/c1-4-28-19-8-6-5-7-16(19)22-20(24)14-12-15(14)21(25)23-17-11-13(26-2)9-10-18(17)27-3/h5-11,14-15H,4,12H2,1-3H3,(H,22,24)(H,23,25). The van der Waals surface area contributed by atoms with Crippen LogP contribution in [0.2, 0.25) is 0 Å². The van der Waals surface area contributed by atoms with Crippen LogP contribution < -0.4 is 24.8 Å². The minimum atomic E-state index is -0.379. The predicted molar refractivity (Wildman–Crippen MR) is 106 cm³/mol. The molecular weight excluding hydrogens is 360 g/mol. The van der Waals surface area contributed by atoms with Gasteiger partial charge < -0.3 is 24.8 Å². The van der Waals surface area contributed by atoms with Crippen LogP contribution >= 0.6 is 0 Å². The zero-order valence-electron chi connectivity index (χ0n) is 16.2. The largest absolute Gasteiger partial charge is 0.497 e. The highest BCUT2D eigenvalue weighted by Gasteiger charge is 2.48. The van der Waals surface area contributed by atoms with Crippen LogP contribution in [0.15, 0.2) is 42.5 Å². The third kappa shape index (κ3) is 4.36. The van der Waals surface area contributed by atoms with Gasteiger partial charge in [-0.2, -0.15) is 0 Å². The van der Waals surface area contributed by atoms with Gasteiger partial charge in [0, 0.05) is 6.07 Å². The summed E-state index contributed by atoms with van der Waals surface area (Å²) in [6.07, 6.45) is 0.501. The number of ether oxygens (including phenoxy) is 3. The predicted octanol–water partition coefficient (Wildman–Crippen LogP) is 3.32. The molecule has 0 saturated heterocycles. The number of nitrogens with one attached hydrogen (secondary N) is 2. The molecule has 2 N–H and O–H groups in total. The second kappa shape index (κ2) is 8.65. The van der Waals surface area contributed by atoms with Crippen molar-refractivity contribution >= 4 is 23.2 Å². The number of amides is 2. The summed E-state index contributed by atoms with van der Waals surface area (Å²) in [4.78, 5) is 25.1. The maximum Gasteiger partial charge on any atom is 0.228 e. The summed E-state index contributed by atoms with van der Waals surface area (Å²) >= 11 is 0. The monoisotopic (exact) mass is 384 g/mol. The summed E-state index contributed by atoms with van der Waals surface area (Å²) in [5, 5.41) is 5.69. The van der Waals surface area contributed by atoms with Crippen LogP contribution in [0.25, 0.3) is 0 Å². The van der Waals surface area contributed by atoms with Gasteiger partial charge in [0.2, 0.25) is 11.8 Å². The van der Waals surface area contributed by atoms with Crippen LogP contribution in [0.4, 0.5) is 11.4 Å². The van der Waals surface area contributed by atoms with E-state index < -0.39 is 0 Å². The number of methoxy groups -OCH3 is 2. The molecule has 1 saturated carbocycles. The lowest BCUT2D eigenvalue weighted by Gasteiger charge is -2.12. The smallest absolute Gasteiger partial charge is 0.228 e. The van der Waals surface area contributed by atoms with Gasteiger partial charge in [0.05, 0.1) is 44.0 Å². The zero-order valence-corrected chi connectivity index (χ0v) is 16.2. The topological polar surface area (TPSA) is 85.9 Å². The number of rotatable bonds is 8. The second-order valence-electron chi connectivity index (χ2n) is 6.42. The molecule has 7 heteroatoms. The molecular formula is C21H24N2O5. The first kappa shape index (κ1) is 19.5. The molecule has 0 heterocycles. The Balaban J connectivity index is 1.62. The van der Waals surface area contributed by atoms with Gasteiger partial charge in [-0.25, -0.2) is 0 Å². The molecule has 7 nitrogen and oxygen atoms in total. The van der Waals surface area contributed by atoms with E-state index in [9.17, 15) is 9.59 Å². The first-order valence-electron chi connectivity index (χ1n) is 9.13. The fourth-order valence-electron chi connectivity index (χ4n) is 2.99. The van der Waals surface area contributed by atoms with Gasteiger partial charge >= 0.3 is 0 Å². The summed E-state index contributed by atoms with van der Waals surface area (Å²) in [5.41, 5.74) is 1.12. The maximum absolute atomic E-state index is 12.6. The Hall–Kier alpha value is -3.22. The Kier molecular flexibility index (Phi) is 6.03. The maximum atomic E-state index is 12.6. The second-order valence-corrected chi connectivity index (χ2v) is 6.42. The molecule has 1 aliphatic rings. The Labute approximate surface area is 164 Å². The Morgan fingerprint density at radius 2 is 1.61 bits per heavy atom. The molecule has 0 aromatic heterocycles. The molecule has 2 atom stereocenters. The molecule has 2 aromatic carbocycles. The zero-order chi connectivity index (χ0) is 20.1. The molecule has 2 amide bonds. The lowest BCUT2D eigenvalue weighted by atomic mass is 10.2. The Bertz CT molecular complexity index is 868. The number of anilines is 2. The summed E-state index contributed by atoms with van der Waals surface area (Å²) in [5.74, 6) is 0.590. The van der Waals surface area contributed by atoms with Crippen molar-refractivity contribution in [2.75, 3.05) is 31.5 Å². The molecule has 0 bridgehead atoms. The number of hydrogen-bond acceptors (Lipinski definition) is 5. The number of carbonyl (C=O) groups is 2. The third-order valence-corrected chi connectivity index (χ3v) is 4.57. The molecule has 3 rings (SSSR count). The van der Waals surface area contributed by atoms with Gasteiger partial charge in [-0.05, 0) is 37.6 Å². The van der Waals surface area contributed by atoms with E-state index in [1.165, 1.54) is 7.11 Å². The molecule has 2 unspecified atom stereocenters. The van der Waals surface area contributed by atoms with Crippen molar-refractivity contribution in [2.45, 2.75) is 13.3 Å². The van der Waals surface area contributed by atoms with Crippen LogP contribution in [0, 0.1) is 11.8 Å². The van der Waals surface area contributed by atoms with Crippen molar-refractivity contribution in [2.24, 2.45) is 11.8 Å². The lowest BCUT2D eigenvalue weighted by molar-refractivity contribution is -0.122. The lowest BCUT2D eigenvalue weighted by Crippen LogP contribution is -2.21. The van der Waals surface area contributed by atoms with E-state index in [1.807, 2.05) is 19.1 Å². The number of para-hydroxylation sites is 2. The third-order valence-electron chi connectivity index (χ3n) is 4.57. The SMILES string of the molecule is CCOc1ccccc1NC(=O)C1CC1C(=O)Nc1cc(OC)ccc1OC. The van der Waals surface area contributed by atoms with Crippen molar-refractivity contribution in [3.8, 4) is 17.2 Å². The molecule has 0 spiro atoms. The van der Waals surface area contributed by atoms with Crippen molar-refractivity contribution in [3.63, 3.8) is 0 Å². The molecule has 0 aliphatic heterocycles. The summed E-state index contributed by atoms with van der Waals surface area (Å²) in [7, 11) is 3.08. The highest BCUT2D eigenvalue weighted by molar-refractivity contribution is 6.04. The van der Waals surface area contributed by atoms with Crippen LogP contribution in [-0.2, 0) is 9.59 Å². The summed E-state index contributed by atoms with van der Waals surface area (Å²) < 4.78 is 16.0. The molecule has 0 radical (unpaired) electrons. The van der Waals surface area contributed by atoms with E-state index in [-0.39, 0.29) is 23.7 Å². The normalized spacial score (nSPS) is 17.4. The van der Waals surface area contributed by atoms with Gasteiger partial charge in [-0.15, -0.1) is 0 Å². The minimum Gasteiger partial charge on any atom is -0.497 e. The van der Waals surface area contributed by atoms with Crippen molar-refractivity contribution in [1.82, 2.24) is 0 Å². The van der Waals surface area contributed by atoms with Gasteiger partial charge in [0.1, 0.15) is 17.2 Å². The van der Waals surface area contributed by atoms with Crippen LogP contribution in [-0.4, -0.2) is 32.6 Å². The van der Waals surface area contributed by atoms with Gasteiger partial charge in [-0.1, -0.05) is 12.1 Å². The number of hydrogen-bond donors (Lipinski definition) is 2. The van der Waals surface area contributed by atoms with Crippen molar-refractivity contribution in [1.29, 1.82) is 0 Å². The quantitative estimate of drug-likeness (QED) is 0.729. The van der Waals surface area contributed by atoms with Crippen LogP contribution in [0.3, 0.4) is 0 Å². The van der Waals surface area contributed by atoms with Gasteiger partial charge in [0.25, 0.3) is 0 Å². The molecule has 1 fully saturated rings. The molecule has 2 aromatic rings. The van der Waals surface area contributed by atoms with E-state index in [4.69, 9.17) is 14.2 Å². The Morgan fingerprint density at radius 3 is 2.25 bits per heavy atom. The molecule has 148 valence electrons. The Morgan fingerprint density at radius 1 is 0.929 bits per heavy atom. The van der Waals surface area contributed by atoms with Gasteiger partial charge in [0.15, 0.2) is 0 Å². The fourth-order valence-corrected chi connectivity index (χ4v) is 2.99. The molecule has 1 aliphatic carbocycles. The van der Waals surface area contributed by atoms with E-state index >= 15 is 0 Å². The average molecular weight is 384 g/mol.